The van der Waals surface area contributed by atoms with E-state index >= 15 is 0 Å². The molecule has 17 heavy (non-hydrogen) atoms. The van der Waals surface area contributed by atoms with E-state index in [1.807, 2.05) is 0 Å². The number of hydrogen-bond acceptors (Lipinski definition) is 3. The minimum absolute atomic E-state index is 0.0574. The molecule has 0 spiro atoms. The maximum atomic E-state index is 12.3. The summed E-state index contributed by atoms with van der Waals surface area (Å²) in [5.41, 5.74) is 7.46. The summed E-state index contributed by atoms with van der Waals surface area (Å²) in [5, 5.41) is 0. The Kier molecular flexibility index (Phi) is 4.07. The average molecular weight is 440 g/mol. The lowest BCUT2D eigenvalue weighted by Crippen LogP contribution is -2.02. The smallest absolute Gasteiger partial charge is 0.196 e. The molecule has 1 heterocycles. The molecule has 0 saturated carbocycles. The summed E-state index contributed by atoms with van der Waals surface area (Å²) in [6.07, 6.45) is 0. The topological polar surface area (TPSA) is 43.1 Å². The molecule has 0 atom stereocenters. The third-order valence-corrected chi connectivity index (χ3v) is 5.17. The minimum Gasteiger partial charge on any atom is -0.399 e. The number of rotatable bonds is 2. The molecule has 1 aromatic heterocycles. The molecule has 0 amide bonds. The summed E-state index contributed by atoms with van der Waals surface area (Å²) in [6, 6.07) is 6.99. The normalized spacial score (nSPS) is 10.5. The molecule has 1 aromatic carbocycles. The van der Waals surface area contributed by atoms with Gasteiger partial charge in [0.2, 0.25) is 0 Å². The van der Waals surface area contributed by atoms with E-state index in [4.69, 9.17) is 5.73 Å². The Labute approximate surface area is 128 Å². The van der Waals surface area contributed by atoms with Crippen molar-refractivity contribution in [3.05, 3.63) is 47.4 Å². The maximum absolute atomic E-state index is 12.3. The standard InChI is InChI=1S/C11H6Br3NOS/c12-8-2-1-5(15)3-6(8)10(16)7-4-9(13)17-11(7)14/h1-4H,15H2. The van der Waals surface area contributed by atoms with E-state index in [0.29, 0.717) is 16.8 Å². The van der Waals surface area contributed by atoms with Crippen molar-refractivity contribution in [2.75, 3.05) is 5.73 Å². The maximum Gasteiger partial charge on any atom is 0.196 e. The lowest BCUT2D eigenvalue weighted by molar-refractivity contribution is 0.103. The number of carbonyl (C=O) groups is 1. The van der Waals surface area contributed by atoms with Crippen LogP contribution in [0.15, 0.2) is 36.3 Å². The van der Waals surface area contributed by atoms with E-state index in [1.165, 1.54) is 11.3 Å². The molecular formula is C11H6Br3NOS. The number of hydrogen-bond donors (Lipinski definition) is 1. The zero-order chi connectivity index (χ0) is 12.6. The monoisotopic (exact) mass is 437 g/mol. The van der Waals surface area contributed by atoms with Crippen molar-refractivity contribution in [1.82, 2.24) is 0 Å². The van der Waals surface area contributed by atoms with Gasteiger partial charge >= 0.3 is 0 Å². The second-order valence-electron chi connectivity index (χ2n) is 3.31. The molecule has 0 radical (unpaired) electrons. The summed E-state index contributed by atoms with van der Waals surface area (Å²) in [6.45, 7) is 0. The molecule has 0 bridgehead atoms. The highest BCUT2D eigenvalue weighted by Crippen LogP contribution is 2.34. The molecule has 2 rings (SSSR count). The van der Waals surface area contributed by atoms with Gasteiger partial charge in [-0.15, -0.1) is 11.3 Å². The van der Waals surface area contributed by atoms with E-state index in [-0.39, 0.29) is 5.78 Å². The van der Waals surface area contributed by atoms with Crippen molar-refractivity contribution in [1.29, 1.82) is 0 Å². The number of ketones is 1. The van der Waals surface area contributed by atoms with Crippen LogP contribution in [0, 0.1) is 0 Å². The summed E-state index contributed by atoms with van der Waals surface area (Å²) in [7, 11) is 0. The minimum atomic E-state index is -0.0574. The lowest BCUT2D eigenvalue weighted by Gasteiger charge is -2.04. The Morgan fingerprint density at radius 3 is 2.41 bits per heavy atom. The van der Waals surface area contributed by atoms with E-state index in [9.17, 15) is 4.79 Å². The summed E-state index contributed by atoms with van der Waals surface area (Å²) < 4.78 is 2.46. The fourth-order valence-electron chi connectivity index (χ4n) is 1.36. The van der Waals surface area contributed by atoms with Gasteiger partial charge in [0.15, 0.2) is 5.78 Å². The molecule has 2 N–H and O–H groups in total. The van der Waals surface area contributed by atoms with Crippen LogP contribution in [-0.4, -0.2) is 5.78 Å². The van der Waals surface area contributed by atoms with Crippen molar-refractivity contribution in [2.45, 2.75) is 0 Å². The third-order valence-electron chi connectivity index (χ3n) is 2.14. The number of nitrogen functional groups attached to an aromatic ring is 1. The van der Waals surface area contributed by atoms with Crippen LogP contribution in [0.3, 0.4) is 0 Å². The molecule has 0 aliphatic heterocycles. The fourth-order valence-corrected chi connectivity index (χ4v) is 4.58. The molecule has 2 nitrogen and oxygen atoms in total. The molecule has 0 saturated heterocycles. The molecular weight excluding hydrogens is 434 g/mol. The average Bonchev–Trinajstić information content (AvgIpc) is 2.60. The van der Waals surface area contributed by atoms with Crippen LogP contribution in [0.4, 0.5) is 5.69 Å². The molecule has 2 aromatic rings. The Bertz CT molecular complexity index is 594. The predicted molar refractivity (Wildman–Crippen MR) is 81.7 cm³/mol. The number of nitrogens with two attached hydrogens (primary N) is 1. The number of anilines is 1. The molecule has 6 heteroatoms. The molecule has 88 valence electrons. The van der Waals surface area contributed by atoms with Gasteiger partial charge in [-0.3, -0.25) is 4.79 Å². The number of carbonyl (C=O) groups excluding carboxylic acids is 1. The van der Waals surface area contributed by atoms with Gasteiger partial charge in [-0.1, -0.05) is 15.9 Å². The number of benzene rings is 1. The van der Waals surface area contributed by atoms with Gasteiger partial charge in [0.05, 0.1) is 7.57 Å². The van der Waals surface area contributed by atoms with Crippen molar-refractivity contribution in [3.63, 3.8) is 0 Å². The molecule has 0 unspecified atom stereocenters. The van der Waals surface area contributed by atoms with Crippen LogP contribution >= 0.6 is 59.1 Å². The van der Waals surface area contributed by atoms with Crippen LogP contribution in [-0.2, 0) is 0 Å². The largest absolute Gasteiger partial charge is 0.399 e. The van der Waals surface area contributed by atoms with Crippen molar-refractivity contribution < 1.29 is 4.79 Å². The van der Waals surface area contributed by atoms with Crippen molar-refractivity contribution in [3.8, 4) is 0 Å². The van der Waals surface area contributed by atoms with Gasteiger partial charge in [0, 0.05) is 21.3 Å². The van der Waals surface area contributed by atoms with Gasteiger partial charge < -0.3 is 5.73 Å². The molecule has 0 aliphatic carbocycles. The number of thiophene rings is 1. The third kappa shape index (κ3) is 2.81. The Hall–Kier alpha value is -0.170. The van der Waals surface area contributed by atoms with Gasteiger partial charge in [-0.2, -0.15) is 0 Å². The second-order valence-corrected chi connectivity index (χ2v) is 7.91. The first-order valence-electron chi connectivity index (χ1n) is 4.53. The van der Waals surface area contributed by atoms with E-state index < -0.39 is 0 Å². The van der Waals surface area contributed by atoms with E-state index in [2.05, 4.69) is 47.8 Å². The van der Waals surface area contributed by atoms with Crippen LogP contribution in [0.25, 0.3) is 0 Å². The van der Waals surface area contributed by atoms with Crippen molar-refractivity contribution in [2.24, 2.45) is 0 Å². The van der Waals surface area contributed by atoms with E-state index in [0.717, 1.165) is 12.0 Å². The number of halogens is 3. The zero-order valence-electron chi connectivity index (χ0n) is 8.34. The summed E-state index contributed by atoms with van der Waals surface area (Å²) >= 11 is 11.6. The Balaban J connectivity index is 2.50. The van der Waals surface area contributed by atoms with Gasteiger partial charge in [-0.05, 0) is 56.1 Å². The van der Waals surface area contributed by atoms with Crippen LogP contribution in [0.5, 0.6) is 0 Å². The summed E-state index contributed by atoms with van der Waals surface area (Å²) in [4.78, 5) is 12.3. The SMILES string of the molecule is Nc1ccc(Br)c(C(=O)c2cc(Br)sc2Br)c1. The van der Waals surface area contributed by atoms with Crippen molar-refractivity contribution >= 4 is 70.6 Å². The first-order chi connectivity index (χ1) is 7.99. The Morgan fingerprint density at radius 2 is 1.82 bits per heavy atom. The highest BCUT2D eigenvalue weighted by Gasteiger charge is 2.18. The van der Waals surface area contributed by atoms with E-state index in [1.54, 1.807) is 24.3 Å². The highest BCUT2D eigenvalue weighted by molar-refractivity contribution is 9.12. The zero-order valence-corrected chi connectivity index (χ0v) is 13.9. The summed E-state index contributed by atoms with van der Waals surface area (Å²) in [5.74, 6) is -0.0574. The lowest BCUT2D eigenvalue weighted by atomic mass is 10.1. The van der Waals surface area contributed by atoms with Crippen LogP contribution in [0.2, 0.25) is 0 Å². The first-order valence-corrected chi connectivity index (χ1v) is 7.73. The van der Waals surface area contributed by atoms with Gasteiger partial charge in [0.1, 0.15) is 0 Å². The molecule has 0 fully saturated rings. The van der Waals surface area contributed by atoms with Crippen LogP contribution in [0.1, 0.15) is 15.9 Å². The quantitative estimate of drug-likeness (QED) is 0.537. The van der Waals surface area contributed by atoms with Gasteiger partial charge in [-0.25, -0.2) is 0 Å². The Morgan fingerprint density at radius 1 is 1.12 bits per heavy atom. The van der Waals surface area contributed by atoms with Gasteiger partial charge in [0.25, 0.3) is 0 Å². The van der Waals surface area contributed by atoms with Crippen LogP contribution < -0.4 is 5.73 Å². The molecule has 0 aliphatic rings. The predicted octanol–water partition coefficient (Wildman–Crippen LogP) is 4.85. The highest BCUT2D eigenvalue weighted by atomic mass is 79.9. The second kappa shape index (κ2) is 5.22. The first kappa shape index (κ1) is 13.3. The fraction of sp³-hybridized carbons (Fsp3) is 0.